The maximum Gasteiger partial charge on any atom is 0.254 e. The van der Waals surface area contributed by atoms with E-state index in [0.29, 0.717) is 38.2 Å². The number of amides is 1. The predicted octanol–water partition coefficient (Wildman–Crippen LogP) is 2.85. The molecule has 1 aromatic heterocycles. The Morgan fingerprint density at radius 3 is 2.35 bits per heavy atom. The molecule has 0 aliphatic carbocycles. The molecule has 0 bridgehead atoms. The van der Waals surface area contributed by atoms with Crippen LogP contribution in [0.15, 0.2) is 60.7 Å². The normalized spacial score (nSPS) is 21.4. The first kappa shape index (κ1) is 20.2. The number of fused-ring (bicyclic) bond motifs is 1. The number of piperazine rings is 1. The van der Waals surface area contributed by atoms with Crippen LogP contribution in [0.3, 0.4) is 0 Å². The molecule has 3 heterocycles. The van der Waals surface area contributed by atoms with Gasteiger partial charge in [0.05, 0.1) is 28.3 Å². The number of benzene rings is 2. The molecule has 0 radical (unpaired) electrons. The van der Waals surface area contributed by atoms with Crippen LogP contribution in [0.4, 0.5) is 0 Å². The van der Waals surface area contributed by atoms with Gasteiger partial charge in [-0.15, -0.1) is 0 Å². The molecule has 0 unspecified atom stereocenters. The van der Waals surface area contributed by atoms with Crippen LogP contribution in [0, 0.1) is 0 Å². The Morgan fingerprint density at radius 2 is 1.65 bits per heavy atom. The van der Waals surface area contributed by atoms with E-state index in [0.717, 1.165) is 22.2 Å². The molecule has 160 valence electrons. The van der Waals surface area contributed by atoms with Crippen molar-refractivity contribution in [2.45, 2.75) is 12.5 Å². The number of nitrogens with zero attached hydrogens (tertiary/aromatic N) is 3. The van der Waals surface area contributed by atoms with E-state index < -0.39 is 9.84 Å². The standard InChI is InChI=1S/C24H25N3O3S/c28-24(27-13-11-26(12-14-27)19-10-15-31(29,30)17-19)21-16-23(18-6-2-1-3-7-18)25-22-9-5-4-8-20(21)22/h1-9,16,19H,10-15,17H2/t19-/m1/s1. The fourth-order valence-electron chi connectivity index (χ4n) is 4.63. The van der Waals surface area contributed by atoms with Crippen LogP contribution in [-0.4, -0.2) is 72.8 Å². The van der Waals surface area contributed by atoms with Gasteiger partial charge in [0, 0.05) is 43.2 Å². The number of carbonyl (C=O) groups excluding carboxylic acids is 1. The zero-order valence-corrected chi connectivity index (χ0v) is 18.1. The summed E-state index contributed by atoms with van der Waals surface area (Å²) in [5, 5.41) is 0.858. The number of aromatic nitrogens is 1. The van der Waals surface area contributed by atoms with Crippen molar-refractivity contribution in [2.75, 3.05) is 37.7 Å². The zero-order chi connectivity index (χ0) is 21.4. The third-order valence-corrected chi connectivity index (χ3v) is 8.09. The topological polar surface area (TPSA) is 70.6 Å². The molecule has 6 nitrogen and oxygen atoms in total. The van der Waals surface area contributed by atoms with Gasteiger partial charge in [0.2, 0.25) is 0 Å². The van der Waals surface area contributed by atoms with Crippen LogP contribution in [0.1, 0.15) is 16.8 Å². The summed E-state index contributed by atoms with van der Waals surface area (Å²) >= 11 is 0. The van der Waals surface area contributed by atoms with Crippen LogP contribution < -0.4 is 0 Å². The second-order valence-corrected chi connectivity index (χ2v) is 10.6. The summed E-state index contributed by atoms with van der Waals surface area (Å²) in [6, 6.07) is 19.6. The predicted molar refractivity (Wildman–Crippen MR) is 122 cm³/mol. The van der Waals surface area contributed by atoms with Gasteiger partial charge in [-0.05, 0) is 18.6 Å². The molecule has 31 heavy (non-hydrogen) atoms. The third-order valence-electron chi connectivity index (χ3n) is 6.34. The Kier molecular flexibility index (Phi) is 5.24. The summed E-state index contributed by atoms with van der Waals surface area (Å²) in [6.07, 6.45) is 0.700. The van der Waals surface area contributed by atoms with Crippen LogP contribution >= 0.6 is 0 Å². The lowest BCUT2D eigenvalue weighted by molar-refractivity contribution is 0.0589. The minimum Gasteiger partial charge on any atom is -0.336 e. The van der Waals surface area contributed by atoms with E-state index in [1.54, 1.807) is 0 Å². The molecule has 1 atom stereocenters. The summed E-state index contributed by atoms with van der Waals surface area (Å²) in [7, 11) is -2.90. The minimum atomic E-state index is -2.90. The average Bonchev–Trinajstić information content (AvgIpc) is 3.18. The Hall–Kier alpha value is -2.77. The van der Waals surface area contributed by atoms with Gasteiger partial charge in [-0.2, -0.15) is 0 Å². The smallest absolute Gasteiger partial charge is 0.254 e. The highest BCUT2D eigenvalue weighted by atomic mass is 32.2. The second-order valence-electron chi connectivity index (χ2n) is 8.32. The molecular weight excluding hydrogens is 410 g/mol. The van der Waals surface area contributed by atoms with Crippen molar-refractivity contribution in [3.63, 3.8) is 0 Å². The van der Waals surface area contributed by atoms with Gasteiger partial charge < -0.3 is 4.90 Å². The van der Waals surface area contributed by atoms with Gasteiger partial charge in [-0.3, -0.25) is 9.69 Å². The Balaban J connectivity index is 1.40. The lowest BCUT2D eigenvalue weighted by atomic mass is 10.0. The molecule has 2 aliphatic heterocycles. The fraction of sp³-hybridized carbons (Fsp3) is 0.333. The van der Waals surface area contributed by atoms with Crippen molar-refractivity contribution >= 4 is 26.6 Å². The first-order valence-corrected chi connectivity index (χ1v) is 12.5. The van der Waals surface area contributed by atoms with Crippen molar-refractivity contribution in [1.82, 2.24) is 14.8 Å². The summed E-state index contributed by atoms with van der Waals surface area (Å²) in [4.78, 5) is 22.4. The quantitative estimate of drug-likeness (QED) is 0.633. The van der Waals surface area contributed by atoms with E-state index in [2.05, 4.69) is 4.90 Å². The van der Waals surface area contributed by atoms with Crippen LogP contribution in [0.25, 0.3) is 22.2 Å². The summed E-state index contributed by atoms with van der Waals surface area (Å²) < 4.78 is 23.6. The first-order chi connectivity index (χ1) is 15.0. The lowest BCUT2D eigenvalue weighted by Crippen LogP contribution is -2.52. The molecule has 5 rings (SSSR count). The summed E-state index contributed by atoms with van der Waals surface area (Å²) in [5.74, 6) is 0.535. The van der Waals surface area contributed by atoms with Crippen LogP contribution in [-0.2, 0) is 9.84 Å². The highest BCUT2D eigenvalue weighted by Gasteiger charge is 2.34. The van der Waals surface area contributed by atoms with E-state index in [-0.39, 0.29) is 23.5 Å². The number of hydrogen-bond donors (Lipinski definition) is 0. The van der Waals surface area contributed by atoms with Crippen molar-refractivity contribution in [3.8, 4) is 11.3 Å². The molecule has 7 heteroatoms. The van der Waals surface area contributed by atoms with Crippen molar-refractivity contribution in [2.24, 2.45) is 0 Å². The monoisotopic (exact) mass is 435 g/mol. The number of rotatable bonds is 3. The number of para-hydroxylation sites is 1. The molecule has 2 fully saturated rings. The molecule has 0 spiro atoms. The molecule has 1 amide bonds. The molecule has 2 aliphatic rings. The summed E-state index contributed by atoms with van der Waals surface area (Å²) in [6.45, 7) is 2.63. The molecule has 0 N–H and O–H groups in total. The van der Waals surface area contributed by atoms with Crippen LogP contribution in [0.5, 0.6) is 0 Å². The molecule has 2 aromatic carbocycles. The highest BCUT2D eigenvalue weighted by molar-refractivity contribution is 7.91. The van der Waals surface area contributed by atoms with Gasteiger partial charge >= 0.3 is 0 Å². The van der Waals surface area contributed by atoms with Gasteiger partial charge in [-0.1, -0.05) is 48.5 Å². The number of carbonyl (C=O) groups is 1. The van der Waals surface area contributed by atoms with E-state index in [4.69, 9.17) is 4.98 Å². The Morgan fingerprint density at radius 1 is 0.935 bits per heavy atom. The van der Waals surface area contributed by atoms with Crippen molar-refractivity contribution < 1.29 is 13.2 Å². The average molecular weight is 436 g/mol. The molecule has 2 saturated heterocycles. The number of hydrogen-bond acceptors (Lipinski definition) is 5. The van der Waals surface area contributed by atoms with Gasteiger partial charge in [0.15, 0.2) is 9.84 Å². The van der Waals surface area contributed by atoms with Gasteiger partial charge in [0.1, 0.15) is 0 Å². The minimum absolute atomic E-state index is 0.00877. The van der Waals surface area contributed by atoms with Crippen molar-refractivity contribution in [1.29, 1.82) is 0 Å². The fourth-order valence-corrected chi connectivity index (χ4v) is 6.39. The first-order valence-electron chi connectivity index (χ1n) is 10.7. The highest BCUT2D eigenvalue weighted by Crippen LogP contribution is 2.27. The maximum atomic E-state index is 13.5. The van der Waals surface area contributed by atoms with Gasteiger partial charge in [-0.25, -0.2) is 13.4 Å². The van der Waals surface area contributed by atoms with E-state index in [1.807, 2.05) is 65.6 Å². The molecule has 0 saturated carbocycles. The molecular formula is C24H25N3O3S. The molecule has 3 aromatic rings. The van der Waals surface area contributed by atoms with Crippen LogP contribution in [0.2, 0.25) is 0 Å². The second kappa shape index (κ2) is 8.05. The SMILES string of the molecule is O=C(c1cc(-c2ccccc2)nc2ccccc12)N1CCN([C@@H]2CCS(=O)(=O)C2)CC1. The van der Waals surface area contributed by atoms with Crippen molar-refractivity contribution in [3.05, 3.63) is 66.2 Å². The van der Waals surface area contributed by atoms with E-state index >= 15 is 0 Å². The Bertz CT molecular complexity index is 1220. The lowest BCUT2D eigenvalue weighted by Gasteiger charge is -2.37. The zero-order valence-electron chi connectivity index (χ0n) is 17.3. The maximum absolute atomic E-state index is 13.5. The van der Waals surface area contributed by atoms with E-state index in [1.165, 1.54) is 0 Å². The third kappa shape index (κ3) is 4.07. The number of sulfone groups is 1. The van der Waals surface area contributed by atoms with Gasteiger partial charge in [0.25, 0.3) is 5.91 Å². The Labute approximate surface area is 182 Å². The number of pyridine rings is 1. The largest absolute Gasteiger partial charge is 0.336 e. The van der Waals surface area contributed by atoms with E-state index in [9.17, 15) is 13.2 Å². The summed E-state index contributed by atoms with van der Waals surface area (Å²) in [5.41, 5.74) is 3.25.